The molecule has 0 unspecified atom stereocenters. The van der Waals surface area contributed by atoms with Crippen molar-refractivity contribution >= 4 is 23.4 Å². The van der Waals surface area contributed by atoms with Crippen molar-refractivity contribution in [1.29, 1.82) is 0 Å². The fourth-order valence-corrected chi connectivity index (χ4v) is 3.38. The van der Waals surface area contributed by atoms with Crippen LogP contribution in [-0.2, 0) is 32.0 Å². The molecule has 12 heteroatoms. The van der Waals surface area contributed by atoms with Gasteiger partial charge in [-0.05, 0) is 37.1 Å². The van der Waals surface area contributed by atoms with E-state index in [9.17, 15) is 19.7 Å². The van der Waals surface area contributed by atoms with Gasteiger partial charge in [0.05, 0.1) is 37.9 Å². The Hall–Kier alpha value is -4.48. The summed E-state index contributed by atoms with van der Waals surface area (Å²) in [7, 11) is 1.30. The number of esters is 2. The zero-order valence-electron chi connectivity index (χ0n) is 19.9. The molecular weight excluding hydrogens is 472 g/mol. The number of aryl methyl sites for hydroxylation is 1. The molecule has 3 aromatic rings. The minimum absolute atomic E-state index is 0.0255. The molecule has 0 saturated heterocycles. The first-order valence-corrected chi connectivity index (χ1v) is 11.2. The zero-order chi connectivity index (χ0) is 25.9. The first-order valence-electron chi connectivity index (χ1n) is 11.2. The molecule has 0 amide bonds. The molecule has 36 heavy (non-hydrogen) atoms. The highest BCUT2D eigenvalue weighted by Gasteiger charge is 2.30. The lowest BCUT2D eigenvalue weighted by atomic mass is 10.1. The average molecular weight is 498 g/mol. The Labute approximate surface area is 207 Å². The van der Waals surface area contributed by atoms with Gasteiger partial charge in [-0.2, -0.15) is 4.98 Å². The summed E-state index contributed by atoms with van der Waals surface area (Å²) in [6.07, 6.45) is 3.01. The minimum Gasteiger partial charge on any atom is -0.469 e. The Morgan fingerprint density at radius 3 is 2.61 bits per heavy atom. The van der Waals surface area contributed by atoms with Crippen molar-refractivity contribution in [1.82, 2.24) is 9.97 Å². The van der Waals surface area contributed by atoms with E-state index in [1.165, 1.54) is 18.3 Å². The lowest BCUT2D eigenvalue weighted by molar-refractivity contribution is -0.385. The van der Waals surface area contributed by atoms with Crippen molar-refractivity contribution in [2.24, 2.45) is 0 Å². The molecule has 1 aromatic carbocycles. The SMILES string of the molecule is CCOC(=O)CCN(Cc1ccco1)c1ncnc(Oc2ccccc2CCC(=O)OC)c1[N+](=O)[O-]. The first-order chi connectivity index (χ1) is 17.4. The van der Waals surface area contributed by atoms with Gasteiger partial charge in [0.25, 0.3) is 0 Å². The smallest absolute Gasteiger partial charge is 0.373 e. The summed E-state index contributed by atoms with van der Waals surface area (Å²) in [4.78, 5) is 44.8. The molecular formula is C24H26N4O8. The van der Waals surface area contributed by atoms with E-state index in [0.717, 1.165) is 6.33 Å². The normalized spacial score (nSPS) is 10.5. The number of hydrogen-bond donors (Lipinski definition) is 0. The molecule has 2 aromatic heterocycles. The van der Waals surface area contributed by atoms with Crippen LogP contribution in [0.1, 0.15) is 31.1 Å². The van der Waals surface area contributed by atoms with Crippen molar-refractivity contribution in [3.05, 3.63) is 70.4 Å². The summed E-state index contributed by atoms with van der Waals surface area (Å²) in [6, 6.07) is 10.2. The van der Waals surface area contributed by atoms with E-state index in [0.29, 0.717) is 23.5 Å². The number of benzene rings is 1. The molecule has 0 bridgehead atoms. The summed E-state index contributed by atoms with van der Waals surface area (Å²) < 4.78 is 20.9. The molecule has 0 aliphatic rings. The lowest BCUT2D eigenvalue weighted by Gasteiger charge is -2.22. The molecule has 0 spiro atoms. The van der Waals surface area contributed by atoms with Crippen LogP contribution in [0.4, 0.5) is 11.5 Å². The predicted octanol–water partition coefficient (Wildman–Crippen LogP) is 3.84. The summed E-state index contributed by atoms with van der Waals surface area (Å²) in [5, 5.41) is 12.2. The average Bonchev–Trinajstić information content (AvgIpc) is 3.39. The summed E-state index contributed by atoms with van der Waals surface area (Å²) in [5.41, 5.74) is 0.169. The molecule has 0 saturated carbocycles. The van der Waals surface area contributed by atoms with E-state index in [-0.39, 0.29) is 44.2 Å². The predicted molar refractivity (Wildman–Crippen MR) is 127 cm³/mol. The number of nitro groups is 1. The number of nitrogens with zero attached hydrogens (tertiary/aromatic N) is 4. The number of aromatic nitrogens is 2. The molecule has 0 radical (unpaired) electrons. The highest BCUT2D eigenvalue weighted by Crippen LogP contribution is 2.37. The van der Waals surface area contributed by atoms with Gasteiger partial charge in [-0.3, -0.25) is 19.7 Å². The quantitative estimate of drug-likeness (QED) is 0.192. The molecule has 0 aliphatic heterocycles. The molecule has 190 valence electrons. The van der Waals surface area contributed by atoms with Crippen LogP contribution in [0.25, 0.3) is 0 Å². The van der Waals surface area contributed by atoms with Crippen LogP contribution in [0.5, 0.6) is 11.6 Å². The van der Waals surface area contributed by atoms with E-state index < -0.39 is 22.5 Å². The largest absolute Gasteiger partial charge is 0.469 e. The van der Waals surface area contributed by atoms with E-state index >= 15 is 0 Å². The molecule has 3 rings (SSSR count). The number of hydrogen-bond acceptors (Lipinski definition) is 11. The number of carbonyl (C=O) groups is 2. The number of methoxy groups -OCH3 is 1. The number of para-hydroxylation sites is 1. The Balaban J connectivity index is 1.95. The number of rotatable bonds is 13. The van der Waals surface area contributed by atoms with Crippen LogP contribution < -0.4 is 9.64 Å². The topological polar surface area (TPSA) is 147 Å². The maximum absolute atomic E-state index is 12.2. The van der Waals surface area contributed by atoms with Crippen LogP contribution in [0.2, 0.25) is 0 Å². The summed E-state index contributed by atoms with van der Waals surface area (Å²) >= 11 is 0. The van der Waals surface area contributed by atoms with E-state index in [2.05, 4.69) is 14.7 Å². The van der Waals surface area contributed by atoms with Crippen LogP contribution in [0.3, 0.4) is 0 Å². The fourth-order valence-electron chi connectivity index (χ4n) is 3.38. The van der Waals surface area contributed by atoms with Crippen molar-refractivity contribution in [3.8, 4) is 11.6 Å². The second-order valence-electron chi connectivity index (χ2n) is 7.45. The van der Waals surface area contributed by atoms with E-state index in [1.54, 1.807) is 43.3 Å². The van der Waals surface area contributed by atoms with Crippen LogP contribution in [0, 0.1) is 10.1 Å². The van der Waals surface area contributed by atoms with Gasteiger partial charge >= 0.3 is 23.5 Å². The van der Waals surface area contributed by atoms with Crippen LogP contribution >= 0.6 is 0 Å². The fraction of sp³-hybridized carbons (Fsp3) is 0.333. The highest BCUT2D eigenvalue weighted by atomic mass is 16.6. The number of furan rings is 1. The Morgan fingerprint density at radius 1 is 1.11 bits per heavy atom. The van der Waals surface area contributed by atoms with E-state index in [4.69, 9.17) is 13.9 Å². The monoisotopic (exact) mass is 498 g/mol. The Bertz CT molecular complexity index is 1180. The van der Waals surface area contributed by atoms with Gasteiger partial charge in [0.15, 0.2) is 0 Å². The molecule has 0 fully saturated rings. The number of anilines is 1. The molecule has 0 aliphatic carbocycles. The molecule has 0 atom stereocenters. The molecule has 2 heterocycles. The summed E-state index contributed by atoms with van der Waals surface area (Å²) in [5.74, 6) is -0.348. The van der Waals surface area contributed by atoms with Gasteiger partial charge in [-0.1, -0.05) is 18.2 Å². The standard InChI is InChI=1S/C24H26N4O8/c1-3-34-21(30)12-13-27(15-18-8-6-14-35-18)23-22(28(31)32)24(26-16-25-23)36-19-9-5-4-7-17(19)10-11-20(29)33-2/h4-9,14,16H,3,10-13,15H2,1-2H3. The second kappa shape index (κ2) is 12.8. The van der Waals surface area contributed by atoms with Crippen molar-refractivity contribution in [2.45, 2.75) is 32.7 Å². The lowest BCUT2D eigenvalue weighted by Crippen LogP contribution is -2.28. The van der Waals surface area contributed by atoms with Crippen molar-refractivity contribution in [3.63, 3.8) is 0 Å². The summed E-state index contributed by atoms with van der Waals surface area (Å²) in [6.45, 7) is 2.10. The van der Waals surface area contributed by atoms with E-state index in [1.807, 2.05) is 0 Å². The Kier molecular flexibility index (Phi) is 9.32. The maximum Gasteiger partial charge on any atom is 0.373 e. The third-order valence-corrected chi connectivity index (χ3v) is 5.07. The van der Waals surface area contributed by atoms with Gasteiger partial charge in [0, 0.05) is 13.0 Å². The molecule has 0 N–H and O–H groups in total. The van der Waals surface area contributed by atoms with Gasteiger partial charge in [-0.25, -0.2) is 4.98 Å². The first kappa shape index (κ1) is 26.1. The van der Waals surface area contributed by atoms with Gasteiger partial charge in [0.1, 0.15) is 17.8 Å². The van der Waals surface area contributed by atoms with Crippen LogP contribution in [0.15, 0.2) is 53.4 Å². The van der Waals surface area contributed by atoms with Gasteiger partial charge in [0.2, 0.25) is 5.82 Å². The molecule has 12 nitrogen and oxygen atoms in total. The van der Waals surface area contributed by atoms with Gasteiger partial charge in [-0.15, -0.1) is 0 Å². The highest BCUT2D eigenvalue weighted by molar-refractivity contribution is 5.71. The third-order valence-electron chi connectivity index (χ3n) is 5.07. The third kappa shape index (κ3) is 7.01. The maximum atomic E-state index is 12.2. The Morgan fingerprint density at radius 2 is 1.92 bits per heavy atom. The van der Waals surface area contributed by atoms with Crippen molar-refractivity contribution < 1.29 is 33.1 Å². The number of carbonyl (C=O) groups excluding carboxylic acids is 2. The number of ether oxygens (including phenoxy) is 3. The van der Waals surface area contributed by atoms with Gasteiger partial charge < -0.3 is 23.5 Å². The minimum atomic E-state index is -0.638. The second-order valence-corrected chi connectivity index (χ2v) is 7.45. The van der Waals surface area contributed by atoms with Crippen molar-refractivity contribution in [2.75, 3.05) is 25.2 Å². The van der Waals surface area contributed by atoms with Crippen LogP contribution in [-0.4, -0.2) is 47.1 Å². The zero-order valence-corrected chi connectivity index (χ0v) is 19.9.